The quantitative estimate of drug-likeness (QED) is 0.580. The number of benzene rings is 1. The zero-order valence-corrected chi connectivity index (χ0v) is 16.0. The van der Waals surface area contributed by atoms with E-state index in [9.17, 15) is 0 Å². The van der Waals surface area contributed by atoms with Crippen LogP contribution in [0, 0.1) is 0 Å². The second kappa shape index (κ2) is 5.79. The maximum atomic E-state index is 6.23. The molecule has 1 aromatic carbocycles. The molecule has 1 aliphatic heterocycles. The third kappa shape index (κ3) is 3.52. The van der Waals surface area contributed by atoms with Crippen LogP contribution in [0.15, 0.2) is 21.1 Å². The summed E-state index contributed by atoms with van der Waals surface area (Å²) in [6, 6.07) is 3.97. The molecule has 5 heteroatoms. The van der Waals surface area contributed by atoms with E-state index in [4.69, 9.17) is 21.1 Å². The third-order valence-corrected chi connectivity index (χ3v) is 4.95. The molecule has 112 valence electrons. The summed E-state index contributed by atoms with van der Waals surface area (Å²) in [5.41, 5.74) is 0.566. The van der Waals surface area contributed by atoms with Crippen LogP contribution < -0.4 is 4.74 Å². The van der Waals surface area contributed by atoms with E-state index in [-0.39, 0.29) is 17.3 Å². The van der Waals surface area contributed by atoms with Gasteiger partial charge in [-0.1, -0.05) is 0 Å². The molecule has 1 aliphatic rings. The Kier molecular flexibility index (Phi) is 4.80. The van der Waals surface area contributed by atoms with Crippen LogP contribution in [0.3, 0.4) is 0 Å². The van der Waals surface area contributed by atoms with Crippen molar-refractivity contribution >= 4 is 43.5 Å². The summed E-state index contributed by atoms with van der Waals surface area (Å²) < 4.78 is 14.1. The summed E-state index contributed by atoms with van der Waals surface area (Å²) >= 11 is 13.0. The topological polar surface area (TPSA) is 18.5 Å². The molecule has 2 nitrogen and oxygen atoms in total. The van der Waals surface area contributed by atoms with Crippen LogP contribution in [0.1, 0.15) is 39.7 Å². The zero-order chi connectivity index (χ0) is 15.1. The molecule has 0 radical (unpaired) electrons. The first-order valence-electron chi connectivity index (χ1n) is 6.55. The molecule has 0 saturated carbocycles. The molecule has 0 amide bonds. The Labute approximate surface area is 142 Å². The summed E-state index contributed by atoms with van der Waals surface area (Å²) in [4.78, 5) is 0. The van der Waals surface area contributed by atoms with Crippen molar-refractivity contribution < 1.29 is 9.47 Å². The van der Waals surface area contributed by atoms with Crippen molar-refractivity contribution in [3.05, 3.63) is 26.6 Å². The fraction of sp³-hybridized carbons (Fsp3) is 0.600. The highest BCUT2D eigenvalue weighted by Gasteiger charge is 2.47. The molecule has 2 rings (SSSR count). The van der Waals surface area contributed by atoms with Gasteiger partial charge >= 0.3 is 0 Å². The van der Waals surface area contributed by atoms with Crippen molar-refractivity contribution in [3.8, 4) is 5.75 Å². The monoisotopic (exact) mass is 424 g/mol. The highest BCUT2D eigenvalue weighted by atomic mass is 79.9. The van der Waals surface area contributed by atoms with Gasteiger partial charge in [0.2, 0.25) is 0 Å². The average molecular weight is 427 g/mol. The molecule has 0 N–H and O–H groups in total. The van der Waals surface area contributed by atoms with Crippen molar-refractivity contribution in [2.45, 2.75) is 57.3 Å². The van der Waals surface area contributed by atoms with Gasteiger partial charge in [-0.25, -0.2) is 0 Å². The Morgan fingerprint density at radius 2 is 1.80 bits per heavy atom. The first-order valence-corrected chi connectivity index (χ1v) is 8.67. The van der Waals surface area contributed by atoms with E-state index < -0.39 is 0 Å². The van der Waals surface area contributed by atoms with Crippen molar-refractivity contribution in [1.82, 2.24) is 0 Å². The molecule has 1 saturated heterocycles. The highest BCUT2D eigenvalue weighted by molar-refractivity contribution is 9.11. The first kappa shape index (κ1) is 16.6. The van der Waals surface area contributed by atoms with Gasteiger partial charge in [0.05, 0.1) is 14.5 Å². The van der Waals surface area contributed by atoms with E-state index in [1.54, 1.807) is 0 Å². The van der Waals surface area contributed by atoms with E-state index in [2.05, 4.69) is 59.6 Å². The van der Waals surface area contributed by atoms with Gasteiger partial charge in [-0.3, -0.25) is 0 Å². The normalized spacial score (nSPS) is 23.9. The van der Waals surface area contributed by atoms with Crippen molar-refractivity contribution in [1.29, 1.82) is 0 Å². The molecule has 0 aromatic heterocycles. The summed E-state index contributed by atoms with van der Waals surface area (Å²) in [5, 5.41) is 0. The molecule has 20 heavy (non-hydrogen) atoms. The Morgan fingerprint density at radius 3 is 2.20 bits per heavy atom. The van der Waals surface area contributed by atoms with Gasteiger partial charge in [-0.2, -0.15) is 0 Å². The van der Waals surface area contributed by atoms with Gasteiger partial charge < -0.3 is 9.47 Å². The summed E-state index contributed by atoms with van der Waals surface area (Å²) in [7, 11) is 0. The zero-order valence-electron chi connectivity index (χ0n) is 12.1. The average Bonchev–Trinajstić information content (AvgIpc) is 2.51. The van der Waals surface area contributed by atoms with Gasteiger partial charge in [0.15, 0.2) is 0 Å². The van der Waals surface area contributed by atoms with Crippen LogP contribution in [-0.2, 0) is 10.6 Å². The van der Waals surface area contributed by atoms with Gasteiger partial charge in [0.25, 0.3) is 0 Å². The number of ether oxygens (including phenoxy) is 2. The fourth-order valence-electron chi connectivity index (χ4n) is 2.64. The van der Waals surface area contributed by atoms with Crippen LogP contribution >= 0.6 is 43.5 Å². The van der Waals surface area contributed by atoms with Gasteiger partial charge in [0.1, 0.15) is 17.5 Å². The van der Waals surface area contributed by atoms with Crippen LogP contribution in [0.25, 0.3) is 0 Å². The number of alkyl halides is 1. The summed E-state index contributed by atoms with van der Waals surface area (Å²) in [6.45, 7) is 8.33. The van der Waals surface area contributed by atoms with Crippen LogP contribution in [0.5, 0.6) is 5.75 Å². The van der Waals surface area contributed by atoms with E-state index in [0.29, 0.717) is 5.88 Å². The summed E-state index contributed by atoms with van der Waals surface area (Å²) in [5.74, 6) is 1.28. The van der Waals surface area contributed by atoms with Crippen LogP contribution in [-0.4, -0.2) is 17.3 Å². The first-order chi connectivity index (χ1) is 9.14. The van der Waals surface area contributed by atoms with Crippen molar-refractivity contribution in [2.24, 2.45) is 0 Å². The second-order valence-corrected chi connectivity index (χ2v) is 8.27. The molecule has 0 aliphatic carbocycles. The number of hydrogen-bond acceptors (Lipinski definition) is 2. The standard InChI is InChI=1S/C15H19Br2ClO2/c1-14(2)7-12(15(3,4)20-14)19-13-10(16)5-9(8-18)6-11(13)17/h5-6,12H,7-8H2,1-4H3. The predicted molar refractivity (Wildman–Crippen MR) is 89.7 cm³/mol. The largest absolute Gasteiger partial charge is 0.485 e. The number of hydrogen-bond donors (Lipinski definition) is 0. The third-order valence-electron chi connectivity index (χ3n) is 3.46. The van der Waals surface area contributed by atoms with Crippen LogP contribution in [0.4, 0.5) is 0 Å². The maximum absolute atomic E-state index is 6.23. The molecular weight excluding hydrogens is 407 g/mol. The molecule has 1 unspecified atom stereocenters. The molecule has 1 aromatic rings. The molecule has 0 spiro atoms. The van der Waals surface area contributed by atoms with E-state index in [1.807, 2.05) is 12.1 Å². The van der Waals surface area contributed by atoms with Crippen LogP contribution in [0.2, 0.25) is 0 Å². The van der Waals surface area contributed by atoms with E-state index >= 15 is 0 Å². The SMILES string of the molecule is CC1(C)CC(Oc2c(Br)cc(CCl)cc2Br)C(C)(C)O1. The maximum Gasteiger partial charge on any atom is 0.148 e. The second-order valence-electron chi connectivity index (χ2n) is 6.30. The molecule has 1 atom stereocenters. The van der Waals surface area contributed by atoms with Crippen molar-refractivity contribution in [3.63, 3.8) is 0 Å². The lowest BCUT2D eigenvalue weighted by Crippen LogP contribution is -2.36. The molecule has 1 heterocycles. The number of halogens is 3. The minimum absolute atomic E-state index is 0.00644. The van der Waals surface area contributed by atoms with Gasteiger partial charge in [0, 0.05) is 12.3 Å². The van der Waals surface area contributed by atoms with Gasteiger partial charge in [-0.05, 0) is 77.3 Å². The smallest absolute Gasteiger partial charge is 0.148 e. The fourth-order valence-corrected chi connectivity index (χ4v) is 4.26. The molecule has 1 fully saturated rings. The lowest BCUT2D eigenvalue weighted by Gasteiger charge is -2.28. The van der Waals surface area contributed by atoms with Crippen molar-refractivity contribution in [2.75, 3.05) is 0 Å². The van der Waals surface area contributed by atoms with E-state index in [0.717, 1.165) is 26.7 Å². The minimum Gasteiger partial charge on any atom is -0.485 e. The summed E-state index contributed by atoms with van der Waals surface area (Å²) in [6.07, 6.45) is 0.864. The Morgan fingerprint density at radius 1 is 1.25 bits per heavy atom. The molecule has 0 bridgehead atoms. The number of rotatable bonds is 3. The Bertz CT molecular complexity index is 492. The minimum atomic E-state index is -0.312. The van der Waals surface area contributed by atoms with E-state index in [1.165, 1.54) is 0 Å². The highest BCUT2D eigenvalue weighted by Crippen LogP contribution is 2.43. The Balaban J connectivity index is 2.27. The predicted octanol–water partition coefficient (Wildman–Crippen LogP) is 5.68. The Hall–Kier alpha value is 0.230. The van der Waals surface area contributed by atoms with Gasteiger partial charge in [-0.15, -0.1) is 11.6 Å². The lowest BCUT2D eigenvalue weighted by molar-refractivity contribution is -0.0847. The lowest BCUT2D eigenvalue weighted by atomic mass is 9.97. The molecular formula is C15H19Br2ClO2.